The van der Waals surface area contributed by atoms with Crippen molar-refractivity contribution >= 4 is 6.09 Å². The molecule has 5 nitrogen and oxygen atoms in total. The summed E-state index contributed by atoms with van der Waals surface area (Å²) in [4.78, 5) is 12.7. The molecule has 0 unspecified atom stereocenters. The van der Waals surface area contributed by atoms with E-state index >= 15 is 0 Å². The number of rotatable bonds is 3. The number of carbonyl (C=O) groups is 1. The van der Waals surface area contributed by atoms with Gasteiger partial charge in [0.2, 0.25) is 0 Å². The highest BCUT2D eigenvalue weighted by Gasteiger charge is 2.16. The minimum Gasteiger partial charge on any atom is -0.529 e. The van der Waals surface area contributed by atoms with E-state index in [1.807, 2.05) is 18.2 Å². The SMILES string of the molecule is O=C([O-])NN1CCN(Cc2ccccc2)CC1. The molecule has 0 aromatic heterocycles. The highest BCUT2D eigenvalue weighted by molar-refractivity contribution is 5.61. The van der Waals surface area contributed by atoms with Gasteiger partial charge < -0.3 is 15.3 Å². The lowest BCUT2D eigenvalue weighted by molar-refractivity contribution is -0.257. The zero-order valence-corrected chi connectivity index (χ0v) is 9.63. The third-order valence-electron chi connectivity index (χ3n) is 2.87. The Labute approximate surface area is 101 Å². The maximum Gasteiger partial charge on any atom is 0.149 e. The summed E-state index contributed by atoms with van der Waals surface area (Å²) in [5.41, 5.74) is 3.56. The molecule has 5 heteroatoms. The number of nitrogens with one attached hydrogen (secondary N) is 1. The minimum absolute atomic E-state index is 0.695. The molecule has 92 valence electrons. The second kappa shape index (κ2) is 5.65. The van der Waals surface area contributed by atoms with Gasteiger partial charge in [0.15, 0.2) is 0 Å². The zero-order valence-electron chi connectivity index (χ0n) is 9.63. The van der Waals surface area contributed by atoms with Crippen LogP contribution in [0.5, 0.6) is 0 Å². The largest absolute Gasteiger partial charge is 0.529 e. The second-order valence-corrected chi connectivity index (χ2v) is 4.15. The first kappa shape index (κ1) is 11.9. The van der Waals surface area contributed by atoms with Crippen molar-refractivity contribution in [3.8, 4) is 0 Å². The first-order chi connectivity index (χ1) is 8.24. The van der Waals surface area contributed by atoms with Crippen LogP contribution in [0.25, 0.3) is 0 Å². The predicted molar refractivity (Wildman–Crippen MR) is 61.8 cm³/mol. The predicted octanol–water partition coefficient (Wildman–Crippen LogP) is -0.348. The van der Waals surface area contributed by atoms with E-state index in [2.05, 4.69) is 22.5 Å². The number of hydrazine groups is 1. The Morgan fingerprint density at radius 1 is 1.18 bits per heavy atom. The maximum absolute atomic E-state index is 10.4. The van der Waals surface area contributed by atoms with Gasteiger partial charge in [0, 0.05) is 32.7 Å². The van der Waals surface area contributed by atoms with Crippen molar-refractivity contribution in [1.82, 2.24) is 15.3 Å². The number of hydrogen-bond donors (Lipinski definition) is 1. The number of amides is 1. The molecule has 1 fully saturated rings. The van der Waals surface area contributed by atoms with Crippen LogP contribution in [0.15, 0.2) is 30.3 Å². The molecule has 0 atom stereocenters. The van der Waals surface area contributed by atoms with Crippen LogP contribution in [0.2, 0.25) is 0 Å². The summed E-state index contributed by atoms with van der Waals surface area (Å²) in [7, 11) is 0. The molecule has 1 amide bonds. The quantitative estimate of drug-likeness (QED) is 0.777. The van der Waals surface area contributed by atoms with Gasteiger partial charge in [-0.15, -0.1) is 0 Å². The number of benzene rings is 1. The summed E-state index contributed by atoms with van der Waals surface area (Å²) in [5, 5.41) is 12.0. The molecule has 17 heavy (non-hydrogen) atoms. The molecule has 1 aromatic rings. The number of carbonyl (C=O) groups excluding carboxylic acids is 1. The Balaban J connectivity index is 1.78. The van der Waals surface area contributed by atoms with Gasteiger partial charge in [-0.1, -0.05) is 30.3 Å². The minimum atomic E-state index is -1.23. The maximum atomic E-state index is 10.4. The lowest BCUT2D eigenvalue weighted by Gasteiger charge is -2.35. The van der Waals surface area contributed by atoms with E-state index in [9.17, 15) is 9.90 Å². The zero-order chi connectivity index (χ0) is 12.1. The van der Waals surface area contributed by atoms with Crippen LogP contribution in [-0.2, 0) is 6.54 Å². The molecule has 0 saturated carbocycles. The van der Waals surface area contributed by atoms with Gasteiger partial charge in [-0.25, -0.2) is 5.01 Å². The molecule has 1 N–H and O–H groups in total. The Morgan fingerprint density at radius 2 is 1.82 bits per heavy atom. The fourth-order valence-corrected chi connectivity index (χ4v) is 1.99. The van der Waals surface area contributed by atoms with Crippen LogP contribution in [0.3, 0.4) is 0 Å². The first-order valence-electron chi connectivity index (χ1n) is 5.73. The third-order valence-corrected chi connectivity index (χ3v) is 2.87. The Kier molecular flexibility index (Phi) is 3.95. The normalized spacial score (nSPS) is 17.9. The molecule has 0 aliphatic carbocycles. The highest BCUT2D eigenvalue weighted by atomic mass is 16.4. The van der Waals surface area contributed by atoms with Crippen LogP contribution in [-0.4, -0.2) is 42.2 Å². The molecule has 1 aliphatic heterocycles. The molecule has 1 saturated heterocycles. The standard InChI is InChI=1S/C12H17N3O2/c16-12(17)13-15-8-6-14(7-9-15)10-11-4-2-1-3-5-11/h1-5,13H,6-10H2,(H,16,17)/p-1. The number of carboxylic acid groups (broad SMARTS) is 1. The lowest BCUT2D eigenvalue weighted by Crippen LogP contribution is -2.56. The van der Waals surface area contributed by atoms with Crippen molar-refractivity contribution in [2.75, 3.05) is 26.2 Å². The van der Waals surface area contributed by atoms with Crippen LogP contribution in [0, 0.1) is 0 Å². The summed E-state index contributed by atoms with van der Waals surface area (Å²) in [6.07, 6.45) is -1.23. The second-order valence-electron chi connectivity index (χ2n) is 4.15. The van der Waals surface area contributed by atoms with Gasteiger partial charge in [0.1, 0.15) is 6.09 Å². The molecule has 0 radical (unpaired) electrons. The van der Waals surface area contributed by atoms with Gasteiger partial charge in [-0.2, -0.15) is 0 Å². The first-order valence-corrected chi connectivity index (χ1v) is 5.73. The molecular formula is C12H16N3O2-. The molecule has 0 bridgehead atoms. The molecular weight excluding hydrogens is 218 g/mol. The van der Waals surface area contributed by atoms with E-state index in [0.29, 0.717) is 13.1 Å². The van der Waals surface area contributed by atoms with Crippen LogP contribution in [0.1, 0.15) is 5.56 Å². The van der Waals surface area contributed by atoms with Crippen molar-refractivity contribution in [2.24, 2.45) is 0 Å². The van der Waals surface area contributed by atoms with Crippen molar-refractivity contribution < 1.29 is 9.90 Å². The van der Waals surface area contributed by atoms with Gasteiger partial charge in [-0.05, 0) is 5.56 Å². The molecule has 1 aliphatic rings. The molecule has 2 rings (SSSR count). The van der Waals surface area contributed by atoms with Gasteiger partial charge >= 0.3 is 0 Å². The van der Waals surface area contributed by atoms with E-state index in [1.165, 1.54) is 5.56 Å². The van der Waals surface area contributed by atoms with Crippen molar-refractivity contribution in [2.45, 2.75) is 6.54 Å². The average Bonchev–Trinajstić information content (AvgIpc) is 2.32. The van der Waals surface area contributed by atoms with Crippen molar-refractivity contribution in [3.05, 3.63) is 35.9 Å². The topological polar surface area (TPSA) is 58.6 Å². The molecule has 1 aromatic carbocycles. The van der Waals surface area contributed by atoms with Crippen LogP contribution < -0.4 is 10.5 Å². The monoisotopic (exact) mass is 234 g/mol. The Bertz CT molecular complexity index is 361. The summed E-state index contributed by atoms with van der Waals surface area (Å²) in [6, 6.07) is 10.3. The average molecular weight is 234 g/mol. The lowest BCUT2D eigenvalue weighted by atomic mass is 10.2. The fraction of sp³-hybridized carbons (Fsp3) is 0.417. The fourth-order valence-electron chi connectivity index (χ4n) is 1.99. The smallest absolute Gasteiger partial charge is 0.149 e. The van der Waals surface area contributed by atoms with E-state index in [4.69, 9.17) is 0 Å². The van der Waals surface area contributed by atoms with E-state index in [-0.39, 0.29) is 0 Å². The van der Waals surface area contributed by atoms with Crippen LogP contribution in [0.4, 0.5) is 4.79 Å². The van der Waals surface area contributed by atoms with Crippen molar-refractivity contribution in [1.29, 1.82) is 0 Å². The molecule has 0 spiro atoms. The van der Waals surface area contributed by atoms with Crippen LogP contribution >= 0.6 is 0 Å². The summed E-state index contributed by atoms with van der Waals surface area (Å²) in [5.74, 6) is 0. The van der Waals surface area contributed by atoms with E-state index in [0.717, 1.165) is 19.6 Å². The molecule has 1 heterocycles. The third kappa shape index (κ3) is 3.72. The number of nitrogens with zero attached hydrogens (tertiary/aromatic N) is 2. The Morgan fingerprint density at radius 3 is 2.41 bits per heavy atom. The van der Waals surface area contributed by atoms with Gasteiger partial charge in [0.05, 0.1) is 0 Å². The number of piperazine rings is 1. The summed E-state index contributed by atoms with van der Waals surface area (Å²) < 4.78 is 0. The highest BCUT2D eigenvalue weighted by Crippen LogP contribution is 2.06. The Hall–Kier alpha value is -1.59. The van der Waals surface area contributed by atoms with Gasteiger partial charge in [0.25, 0.3) is 0 Å². The van der Waals surface area contributed by atoms with E-state index in [1.54, 1.807) is 5.01 Å². The number of hydrogen-bond acceptors (Lipinski definition) is 4. The summed E-state index contributed by atoms with van der Waals surface area (Å²) >= 11 is 0. The van der Waals surface area contributed by atoms with Gasteiger partial charge in [-0.3, -0.25) is 4.90 Å². The van der Waals surface area contributed by atoms with E-state index < -0.39 is 6.09 Å². The summed E-state index contributed by atoms with van der Waals surface area (Å²) in [6.45, 7) is 4.02. The van der Waals surface area contributed by atoms with Crippen molar-refractivity contribution in [3.63, 3.8) is 0 Å².